The number of methoxy groups -OCH3 is 1. The number of aromatic nitrogens is 1. The van der Waals surface area contributed by atoms with E-state index in [9.17, 15) is 4.79 Å². The first-order chi connectivity index (χ1) is 12.7. The fraction of sp³-hybridized carbons (Fsp3) is 0.318. The molecule has 1 aromatic heterocycles. The van der Waals surface area contributed by atoms with Gasteiger partial charge in [0, 0.05) is 30.2 Å². The maximum atomic E-state index is 12.9. The zero-order valence-corrected chi connectivity index (χ0v) is 15.3. The molecule has 4 rings (SSSR count). The van der Waals surface area contributed by atoms with E-state index in [4.69, 9.17) is 4.74 Å². The van der Waals surface area contributed by atoms with E-state index in [0.29, 0.717) is 12.5 Å². The van der Waals surface area contributed by atoms with Crippen LogP contribution >= 0.6 is 0 Å². The number of amides is 1. The third kappa shape index (κ3) is 3.07. The molecule has 134 valence electrons. The van der Waals surface area contributed by atoms with Crippen molar-refractivity contribution in [3.05, 3.63) is 65.9 Å². The van der Waals surface area contributed by atoms with Crippen LogP contribution in [0.25, 0.3) is 10.9 Å². The van der Waals surface area contributed by atoms with Gasteiger partial charge in [0.05, 0.1) is 7.11 Å². The van der Waals surface area contributed by atoms with Crippen molar-refractivity contribution in [2.24, 2.45) is 0 Å². The van der Waals surface area contributed by atoms with Gasteiger partial charge in [0.25, 0.3) is 0 Å². The Morgan fingerprint density at radius 1 is 1.15 bits per heavy atom. The zero-order valence-electron chi connectivity index (χ0n) is 15.3. The molecule has 1 fully saturated rings. The van der Waals surface area contributed by atoms with Gasteiger partial charge >= 0.3 is 0 Å². The van der Waals surface area contributed by atoms with E-state index in [2.05, 4.69) is 41.8 Å². The summed E-state index contributed by atoms with van der Waals surface area (Å²) in [5.41, 5.74) is 3.54. The highest BCUT2D eigenvalue weighted by Crippen LogP contribution is 2.29. The van der Waals surface area contributed by atoms with E-state index in [1.165, 1.54) is 10.9 Å². The van der Waals surface area contributed by atoms with Crippen molar-refractivity contribution in [1.29, 1.82) is 0 Å². The molecule has 4 heteroatoms. The molecule has 0 aliphatic carbocycles. The number of rotatable bonds is 4. The summed E-state index contributed by atoms with van der Waals surface area (Å²) in [6.07, 6.45) is 1.02. The smallest absolute Gasteiger partial charge is 0.242 e. The van der Waals surface area contributed by atoms with Crippen molar-refractivity contribution in [3.8, 4) is 5.75 Å². The lowest BCUT2D eigenvalue weighted by molar-refractivity contribution is -0.130. The molecule has 1 unspecified atom stereocenters. The number of hydrogen-bond acceptors (Lipinski definition) is 2. The third-order valence-corrected chi connectivity index (χ3v) is 5.44. The van der Waals surface area contributed by atoms with Gasteiger partial charge in [0.15, 0.2) is 0 Å². The van der Waals surface area contributed by atoms with Crippen molar-refractivity contribution >= 4 is 16.8 Å². The number of carbonyl (C=O) groups is 1. The normalized spacial score (nSPS) is 17.0. The molecule has 0 N–H and O–H groups in total. The lowest BCUT2D eigenvalue weighted by Crippen LogP contribution is -2.31. The highest BCUT2D eigenvalue weighted by atomic mass is 16.5. The molecule has 0 saturated carbocycles. The van der Waals surface area contributed by atoms with Crippen molar-refractivity contribution in [3.63, 3.8) is 0 Å². The molecule has 2 aromatic carbocycles. The fourth-order valence-corrected chi connectivity index (χ4v) is 3.93. The van der Waals surface area contributed by atoms with Gasteiger partial charge in [0.1, 0.15) is 12.3 Å². The molecule has 1 aliphatic rings. The predicted molar refractivity (Wildman–Crippen MR) is 104 cm³/mol. The van der Waals surface area contributed by atoms with Gasteiger partial charge in [-0.1, -0.05) is 30.3 Å². The fourth-order valence-electron chi connectivity index (χ4n) is 3.93. The lowest BCUT2D eigenvalue weighted by atomic mass is 9.98. The topological polar surface area (TPSA) is 34.5 Å². The molecule has 0 bridgehead atoms. The molecule has 4 nitrogen and oxygen atoms in total. The molecule has 26 heavy (non-hydrogen) atoms. The average molecular weight is 348 g/mol. The molecule has 2 heterocycles. The van der Waals surface area contributed by atoms with Crippen LogP contribution in [-0.4, -0.2) is 35.6 Å². The summed E-state index contributed by atoms with van der Waals surface area (Å²) in [7, 11) is 1.68. The molecular formula is C22H24N2O2. The largest absolute Gasteiger partial charge is 0.497 e. The molecule has 1 saturated heterocycles. The number of ether oxygens (including phenoxy) is 1. The zero-order chi connectivity index (χ0) is 18.1. The average Bonchev–Trinajstić information content (AvgIpc) is 3.27. The lowest BCUT2D eigenvalue weighted by Gasteiger charge is -2.18. The summed E-state index contributed by atoms with van der Waals surface area (Å²) < 4.78 is 7.35. The van der Waals surface area contributed by atoms with Gasteiger partial charge in [-0.25, -0.2) is 0 Å². The van der Waals surface area contributed by atoms with E-state index < -0.39 is 0 Å². The van der Waals surface area contributed by atoms with Gasteiger partial charge < -0.3 is 14.2 Å². The van der Waals surface area contributed by atoms with E-state index in [1.807, 2.05) is 29.2 Å². The summed E-state index contributed by atoms with van der Waals surface area (Å²) >= 11 is 0. The minimum atomic E-state index is 0.200. The standard InChI is InChI=1S/C22H24N2O2/c1-16-13-18-5-3-4-6-21(18)24(16)15-22(25)23-12-11-19(14-23)17-7-9-20(26-2)10-8-17/h3-10,13,19H,11-12,14-15H2,1-2H3. The number of likely N-dealkylation sites (tertiary alicyclic amines) is 1. The van der Waals surface area contributed by atoms with Gasteiger partial charge in [-0.15, -0.1) is 0 Å². The van der Waals surface area contributed by atoms with Crippen LogP contribution in [0.15, 0.2) is 54.6 Å². The summed E-state index contributed by atoms with van der Waals surface area (Å²) in [5.74, 6) is 1.48. The van der Waals surface area contributed by atoms with Crippen molar-refractivity contribution in [1.82, 2.24) is 9.47 Å². The molecule has 3 aromatic rings. The number of carbonyl (C=O) groups excluding carboxylic acids is 1. The Morgan fingerprint density at radius 2 is 1.92 bits per heavy atom. The molecule has 1 atom stereocenters. The van der Waals surface area contributed by atoms with Gasteiger partial charge in [-0.05, 0) is 48.6 Å². The van der Waals surface area contributed by atoms with E-state index >= 15 is 0 Å². The van der Waals surface area contributed by atoms with Gasteiger partial charge in [0.2, 0.25) is 5.91 Å². The third-order valence-electron chi connectivity index (χ3n) is 5.44. The minimum absolute atomic E-state index is 0.200. The number of benzene rings is 2. The second kappa shape index (κ2) is 6.87. The van der Waals surface area contributed by atoms with E-state index in [0.717, 1.165) is 36.5 Å². The Labute approximate surface area is 154 Å². The molecule has 1 aliphatic heterocycles. The first-order valence-corrected chi connectivity index (χ1v) is 9.12. The van der Waals surface area contributed by atoms with Crippen LogP contribution in [0.3, 0.4) is 0 Å². The van der Waals surface area contributed by atoms with Crippen LogP contribution < -0.4 is 4.74 Å². The second-order valence-electron chi connectivity index (χ2n) is 7.03. The van der Waals surface area contributed by atoms with Crippen LogP contribution in [0, 0.1) is 6.92 Å². The Balaban J connectivity index is 1.46. The highest BCUT2D eigenvalue weighted by molar-refractivity contribution is 5.84. The monoisotopic (exact) mass is 348 g/mol. The molecule has 0 spiro atoms. The van der Waals surface area contributed by atoms with Crippen molar-refractivity contribution < 1.29 is 9.53 Å². The molecule has 0 radical (unpaired) electrons. The molecular weight excluding hydrogens is 324 g/mol. The quantitative estimate of drug-likeness (QED) is 0.715. The SMILES string of the molecule is COc1ccc(C2CCN(C(=O)Cn3c(C)cc4ccccc43)C2)cc1. The van der Waals surface area contributed by atoms with Crippen LogP contribution in [0.1, 0.15) is 23.6 Å². The van der Waals surface area contributed by atoms with Crippen LogP contribution in [-0.2, 0) is 11.3 Å². The van der Waals surface area contributed by atoms with Crippen molar-refractivity contribution in [2.45, 2.75) is 25.8 Å². The first kappa shape index (κ1) is 16.7. The number of aryl methyl sites for hydroxylation is 1. The maximum Gasteiger partial charge on any atom is 0.242 e. The Hall–Kier alpha value is -2.75. The Bertz CT molecular complexity index is 927. The van der Waals surface area contributed by atoms with Gasteiger partial charge in [-0.3, -0.25) is 4.79 Å². The summed E-state index contributed by atoms with van der Waals surface area (Å²) in [6, 6.07) is 18.6. The van der Waals surface area contributed by atoms with Crippen LogP contribution in [0.2, 0.25) is 0 Å². The number of nitrogens with zero attached hydrogens (tertiary/aromatic N) is 2. The molecule has 1 amide bonds. The Morgan fingerprint density at radius 3 is 2.69 bits per heavy atom. The highest BCUT2D eigenvalue weighted by Gasteiger charge is 2.27. The number of fused-ring (bicyclic) bond motifs is 1. The van der Waals surface area contributed by atoms with Crippen LogP contribution in [0.4, 0.5) is 0 Å². The number of hydrogen-bond donors (Lipinski definition) is 0. The summed E-state index contributed by atoms with van der Waals surface area (Å²) in [5, 5.41) is 1.19. The summed E-state index contributed by atoms with van der Waals surface area (Å²) in [6.45, 7) is 4.10. The van der Waals surface area contributed by atoms with E-state index in [-0.39, 0.29) is 5.91 Å². The second-order valence-corrected chi connectivity index (χ2v) is 7.03. The van der Waals surface area contributed by atoms with Gasteiger partial charge in [-0.2, -0.15) is 0 Å². The van der Waals surface area contributed by atoms with Crippen molar-refractivity contribution in [2.75, 3.05) is 20.2 Å². The predicted octanol–water partition coefficient (Wildman–Crippen LogP) is 3.97. The first-order valence-electron chi connectivity index (χ1n) is 9.12. The minimum Gasteiger partial charge on any atom is -0.497 e. The van der Waals surface area contributed by atoms with Crippen LogP contribution in [0.5, 0.6) is 5.75 Å². The number of para-hydroxylation sites is 1. The maximum absolute atomic E-state index is 12.9. The Kier molecular flexibility index (Phi) is 4.41. The summed E-state index contributed by atoms with van der Waals surface area (Å²) in [4.78, 5) is 14.9. The van der Waals surface area contributed by atoms with E-state index in [1.54, 1.807) is 7.11 Å².